The van der Waals surface area contributed by atoms with Gasteiger partial charge in [0.2, 0.25) is 0 Å². The van der Waals surface area contributed by atoms with Gasteiger partial charge in [0.15, 0.2) is 0 Å². The Morgan fingerprint density at radius 3 is 2.70 bits per heavy atom. The Bertz CT molecular complexity index is 746. The quantitative estimate of drug-likeness (QED) is 0.927. The third kappa shape index (κ3) is 1.95. The second-order valence-electron chi connectivity index (χ2n) is 7.17. The molecular weight excluding hydrogens is 290 g/mol. The number of nitrogens with zero attached hydrogens (tertiary/aromatic N) is 2. The summed E-state index contributed by atoms with van der Waals surface area (Å²) in [6.07, 6.45) is 4.25. The molecule has 0 aromatic heterocycles. The smallest absolute Gasteiger partial charge is 0.268 e. The molecule has 0 bridgehead atoms. The molecule has 1 amide bonds. The molecule has 118 valence electrons. The van der Waals surface area contributed by atoms with Crippen molar-refractivity contribution in [3.05, 3.63) is 29.8 Å². The van der Waals surface area contributed by atoms with E-state index in [1.807, 2.05) is 24.3 Å². The molecule has 1 heterocycles. The van der Waals surface area contributed by atoms with E-state index >= 15 is 0 Å². The zero-order valence-corrected chi connectivity index (χ0v) is 13.1. The van der Waals surface area contributed by atoms with Gasteiger partial charge >= 0.3 is 0 Å². The van der Waals surface area contributed by atoms with Crippen LogP contribution in [0.5, 0.6) is 5.75 Å². The summed E-state index contributed by atoms with van der Waals surface area (Å²) in [5.41, 5.74) is 2.71. The Kier molecular flexibility index (Phi) is 2.56. The van der Waals surface area contributed by atoms with Crippen LogP contribution in [0, 0.1) is 17.8 Å². The van der Waals surface area contributed by atoms with Gasteiger partial charge < -0.3 is 10.1 Å². The van der Waals surface area contributed by atoms with E-state index in [4.69, 9.17) is 4.74 Å². The van der Waals surface area contributed by atoms with Crippen molar-refractivity contribution in [3.8, 4) is 5.75 Å². The number of ether oxygens (including phenoxy) is 1. The van der Waals surface area contributed by atoms with Crippen molar-refractivity contribution < 1.29 is 9.53 Å². The van der Waals surface area contributed by atoms with Crippen LogP contribution in [-0.4, -0.2) is 24.4 Å². The second kappa shape index (κ2) is 4.43. The molecule has 23 heavy (non-hydrogen) atoms. The normalized spacial score (nSPS) is 31.6. The molecule has 1 N–H and O–H groups in total. The zero-order chi connectivity index (χ0) is 15.6. The highest BCUT2D eigenvalue weighted by Crippen LogP contribution is 2.54. The van der Waals surface area contributed by atoms with Gasteiger partial charge in [0, 0.05) is 11.8 Å². The van der Waals surface area contributed by atoms with E-state index in [0.717, 1.165) is 42.2 Å². The van der Waals surface area contributed by atoms with E-state index in [1.165, 1.54) is 6.42 Å². The molecule has 0 saturated heterocycles. The number of hydrogen-bond acceptors (Lipinski definition) is 4. The van der Waals surface area contributed by atoms with Gasteiger partial charge in [-0.05, 0) is 49.3 Å². The van der Waals surface area contributed by atoms with E-state index in [1.54, 1.807) is 7.11 Å². The number of carbonyl (C=O) groups is 1. The maximum Gasteiger partial charge on any atom is 0.268 e. The Labute approximate surface area is 134 Å². The number of hydrogen-bond donors (Lipinski definition) is 1. The number of nitrogens with one attached hydrogen (secondary N) is 1. The molecule has 5 nitrogen and oxygen atoms in total. The third-order valence-electron chi connectivity index (χ3n) is 5.78. The zero-order valence-electron chi connectivity index (χ0n) is 13.1. The molecule has 1 aromatic rings. The summed E-state index contributed by atoms with van der Waals surface area (Å²) in [7, 11) is 1.66. The highest BCUT2D eigenvalue weighted by molar-refractivity contribution is 6.45. The van der Waals surface area contributed by atoms with E-state index in [9.17, 15) is 4.79 Å². The highest BCUT2D eigenvalue weighted by Gasteiger charge is 2.56. The van der Waals surface area contributed by atoms with Crippen LogP contribution >= 0.6 is 0 Å². The summed E-state index contributed by atoms with van der Waals surface area (Å²) in [5.74, 6) is 2.35. The van der Waals surface area contributed by atoms with Crippen molar-refractivity contribution in [1.82, 2.24) is 5.32 Å². The molecule has 1 aliphatic heterocycles. The summed E-state index contributed by atoms with van der Waals surface area (Å²) in [6.45, 7) is 0. The Morgan fingerprint density at radius 1 is 1.22 bits per heavy atom. The second-order valence-corrected chi connectivity index (χ2v) is 7.17. The largest absolute Gasteiger partial charge is 0.497 e. The SMILES string of the molecule is COc1ccc(C2(NC(=O)C3=NN=C4C3CC3CC43)CC2)cc1. The molecule has 1 aromatic carbocycles. The van der Waals surface area contributed by atoms with Crippen LogP contribution < -0.4 is 10.1 Å². The summed E-state index contributed by atoms with van der Waals surface area (Å²) < 4.78 is 5.20. The molecular formula is C18H19N3O2. The van der Waals surface area contributed by atoms with Crippen molar-refractivity contribution in [3.63, 3.8) is 0 Å². The molecule has 0 spiro atoms. The fraction of sp³-hybridized carbons (Fsp3) is 0.500. The minimum Gasteiger partial charge on any atom is -0.497 e. The monoisotopic (exact) mass is 309 g/mol. The number of amides is 1. The molecule has 3 aliphatic carbocycles. The van der Waals surface area contributed by atoms with E-state index in [0.29, 0.717) is 11.6 Å². The van der Waals surface area contributed by atoms with Crippen LogP contribution in [0.1, 0.15) is 31.2 Å². The van der Waals surface area contributed by atoms with E-state index in [-0.39, 0.29) is 17.4 Å². The fourth-order valence-corrected chi connectivity index (χ4v) is 4.14. The Balaban J connectivity index is 1.32. The van der Waals surface area contributed by atoms with Crippen LogP contribution in [-0.2, 0) is 10.3 Å². The number of rotatable bonds is 4. The number of carbonyl (C=O) groups excluding carboxylic acids is 1. The topological polar surface area (TPSA) is 63.0 Å². The number of methoxy groups -OCH3 is 1. The van der Waals surface area contributed by atoms with Gasteiger partial charge in [0.25, 0.3) is 5.91 Å². The number of fused-ring (bicyclic) bond motifs is 3. The number of benzene rings is 1. The predicted octanol–water partition coefficient (Wildman–Crippen LogP) is 2.27. The van der Waals surface area contributed by atoms with Crippen molar-refractivity contribution in [2.45, 2.75) is 31.2 Å². The maximum atomic E-state index is 12.7. The standard InChI is InChI=1S/C18H19N3O2/c1-23-12-4-2-11(3-5-12)18(6-7-18)19-17(22)16-14-9-10-8-13(10)15(14)20-21-16/h2-5,10,13-14H,6-9H2,1H3,(H,19,22). The summed E-state index contributed by atoms with van der Waals surface area (Å²) in [6, 6.07) is 7.96. The van der Waals surface area contributed by atoms with Gasteiger partial charge in [-0.3, -0.25) is 4.79 Å². The fourth-order valence-electron chi connectivity index (χ4n) is 4.14. The maximum absolute atomic E-state index is 12.7. The molecule has 0 radical (unpaired) electrons. The van der Waals surface area contributed by atoms with Gasteiger partial charge in [-0.25, -0.2) is 0 Å². The summed E-state index contributed by atoms with van der Waals surface area (Å²) >= 11 is 0. The van der Waals surface area contributed by atoms with Crippen molar-refractivity contribution in [2.75, 3.05) is 7.11 Å². The first kappa shape index (κ1) is 13.3. The summed E-state index contributed by atoms with van der Waals surface area (Å²) in [5, 5.41) is 11.7. The van der Waals surface area contributed by atoms with E-state index in [2.05, 4.69) is 15.5 Å². The van der Waals surface area contributed by atoms with Crippen LogP contribution in [0.3, 0.4) is 0 Å². The molecule has 3 fully saturated rings. The van der Waals surface area contributed by atoms with Crippen molar-refractivity contribution in [1.29, 1.82) is 0 Å². The van der Waals surface area contributed by atoms with Crippen LogP contribution in [0.25, 0.3) is 0 Å². The Hall–Kier alpha value is -2.17. The van der Waals surface area contributed by atoms with Crippen LogP contribution in [0.2, 0.25) is 0 Å². The highest BCUT2D eigenvalue weighted by atomic mass is 16.5. The van der Waals surface area contributed by atoms with Crippen LogP contribution in [0.4, 0.5) is 0 Å². The molecule has 3 saturated carbocycles. The van der Waals surface area contributed by atoms with Crippen molar-refractivity contribution in [2.24, 2.45) is 28.0 Å². The first-order valence-corrected chi connectivity index (χ1v) is 8.32. The first-order valence-electron chi connectivity index (χ1n) is 8.32. The lowest BCUT2D eigenvalue weighted by Crippen LogP contribution is -2.42. The lowest BCUT2D eigenvalue weighted by atomic mass is 9.95. The average molecular weight is 309 g/mol. The molecule has 5 heteroatoms. The third-order valence-corrected chi connectivity index (χ3v) is 5.78. The van der Waals surface area contributed by atoms with Crippen molar-refractivity contribution >= 4 is 17.3 Å². The molecule has 3 atom stereocenters. The van der Waals surface area contributed by atoms with Gasteiger partial charge in [0.1, 0.15) is 11.5 Å². The van der Waals surface area contributed by atoms with Gasteiger partial charge in [-0.15, -0.1) is 5.10 Å². The average Bonchev–Trinajstić information content (AvgIpc) is 3.44. The van der Waals surface area contributed by atoms with Gasteiger partial charge in [-0.2, -0.15) is 5.10 Å². The van der Waals surface area contributed by atoms with Gasteiger partial charge in [0.05, 0.1) is 18.4 Å². The molecule has 4 aliphatic rings. The lowest BCUT2D eigenvalue weighted by molar-refractivity contribution is -0.116. The minimum atomic E-state index is -0.226. The Morgan fingerprint density at radius 2 is 2.00 bits per heavy atom. The van der Waals surface area contributed by atoms with Gasteiger partial charge in [-0.1, -0.05) is 12.1 Å². The first-order chi connectivity index (χ1) is 11.2. The van der Waals surface area contributed by atoms with E-state index < -0.39 is 0 Å². The van der Waals surface area contributed by atoms with Crippen LogP contribution in [0.15, 0.2) is 34.5 Å². The minimum absolute atomic E-state index is 0.0385. The molecule has 5 rings (SSSR count). The predicted molar refractivity (Wildman–Crippen MR) is 86.6 cm³/mol. The molecule has 3 unspecified atom stereocenters. The summed E-state index contributed by atoms with van der Waals surface area (Å²) in [4.78, 5) is 12.7. The lowest BCUT2D eigenvalue weighted by Gasteiger charge is -2.19.